The van der Waals surface area contributed by atoms with Crippen LogP contribution in [0.2, 0.25) is 0 Å². The van der Waals surface area contributed by atoms with Gasteiger partial charge in [0.2, 0.25) is 0 Å². The maximum atomic E-state index is 4.68. The lowest BCUT2D eigenvalue weighted by Gasteiger charge is -2.27. The van der Waals surface area contributed by atoms with Gasteiger partial charge in [-0.2, -0.15) is 0 Å². The molecule has 0 spiro atoms. The number of nitrogens with one attached hydrogen (secondary N) is 1. The summed E-state index contributed by atoms with van der Waals surface area (Å²) in [5.74, 6) is 1.17. The van der Waals surface area contributed by atoms with Crippen LogP contribution >= 0.6 is 11.3 Å². The Hall–Kier alpha value is -1.13. The standard InChI is InChI=1S/C16H23N3S/c1-2-3-10-19(12-13-5-4-8-17-13)16-14-7-11-20-15(14)6-9-18-16/h6-7,9,11,13,17H,2-5,8,10,12H2,1H3. The third-order valence-electron chi connectivity index (χ3n) is 4.04. The van der Waals surface area contributed by atoms with Gasteiger partial charge >= 0.3 is 0 Å². The van der Waals surface area contributed by atoms with Crippen molar-refractivity contribution < 1.29 is 0 Å². The number of aromatic nitrogens is 1. The number of unbranched alkanes of at least 4 members (excludes halogenated alkanes) is 1. The van der Waals surface area contributed by atoms with E-state index in [0.717, 1.165) is 13.1 Å². The van der Waals surface area contributed by atoms with Crippen molar-refractivity contribution in [1.82, 2.24) is 10.3 Å². The fraction of sp³-hybridized carbons (Fsp3) is 0.562. The van der Waals surface area contributed by atoms with Crippen molar-refractivity contribution in [2.24, 2.45) is 0 Å². The van der Waals surface area contributed by atoms with Crippen LogP contribution in [0.3, 0.4) is 0 Å². The first-order chi connectivity index (χ1) is 9.88. The fourth-order valence-corrected chi connectivity index (χ4v) is 3.72. The predicted molar refractivity (Wildman–Crippen MR) is 87.8 cm³/mol. The van der Waals surface area contributed by atoms with Crippen molar-refractivity contribution in [3.8, 4) is 0 Å². The first-order valence-electron chi connectivity index (χ1n) is 7.69. The number of rotatable bonds is 6. The van der Waals surface area contributed by atoms with Crippen LogP contribution in [0.25, 0.3) is 10.1 Å². The van der Waals surface area contributed by atoms with Gasteiger partial charge in [0.15, 0.2) is 0 Å². The van der Waals surface area contributed by atoms with E-state index in [-0.39, 0.29) is 0 Å². The van der Waals surface area contributed by atoms with Crippen molar-refractivity contribution in [1.29, 1.82) is 0 Å². The van der Waals surface area contributed by atoms with E-state index >= 15 is 0 Å². The zero-order valence-electron chi connectivity index (χ0n) is 12.1. The van der Waals surface area contributed by atoms with Crippen LogP contribution in [0.5, 0.6) is 0 Å². The normalized spacial score (nSPS) is 18.8. The van der Waals surface area contributed by atoms with Gasteiger partial charge in [-0.05, 0) is 43.3 Å². The Morgan fingerprint density at radius 2 is 2.40 bits per heavy atom. The van der Waals surface area contributed by atoms with Gasteiger partial charge in [-0.1, -0.05) is 13.3 Å². The molecule has 3 heterocycles. The van der Waals surface area contributed by atoms with Crippen molar-refractivity contribution in [3.05, 3.63) is 23.7 Å². The molecule has 108 valence electrons. The van der Waals surface area contributed by atoms with Crippen molar-refractivity contribution in [2.45, 2.75) is 38.6 Å². The highest BCUT2D eigenvalue weighted by Crippen LogP contribution is 2.29. The molecule has 3 rings (SSSR count). The van der Waals surface area contributed by atoms with Gasteiger partial charge in [0, 0.05) is 35.4 Å². The third-order valence-corrected chi connectivity index (χ3v) is 4.93. The molecule has 1 atom stereocenters. The second-order valence-corrected chi connectivity index (χ2v) is 6.51. The molecule has 0 bridgehead atoms. The fourth-order valence-electron chi connectivity index (χ4n) is 2.94. The first kappa shape index (κ1) is 13.8. The molecule has 0 saturated carbocycles. The Labute approximate surface area is 125 Å². The lowest BCUT2D eigenvalue weighted by atomic mass is 10.2. The minimum atomic E-state index is 0.627. The van der Waals surface area contributed by atoms with Crippen molar-refractivity contribution >= 4 is 27.2 Å². The third kappa shape index (κ3) is 2.96. The average Bonchev–Trinajstić information content (AvgIpc) is 3.13. The van der Waals surface area contributed by atoms with Crippen LogP contribution in [0, 0.1) is 0 Å². The zero-order valence-corrected chi connectivity index (χ0v) is 13.0. The van der Waals surface area contributed by atoms with Gasteiger partial charge in [0.1, 0.15) is 5.82 Å². The molecule has 0 radical (unpaired) electrons. The molecular weight excluding hydrogens is 266 g/mol. The topological polar surface area (TPSA) is 28.2 Å². The summed E-state index contributed by atoms with van der Waals surface area (Å²) >= 11 is 1.80. The monoisotopic (exact) mass is 289 g/mol. The van der Waals surface area contributed by atoms with Gasteiger partial charge in [-0.3, -0.25) is 0 Å². The molecule has 3 nitrogen and oxygen atoms in total. The minimum absolute atomic E-state index is 0.627. The number of hydrogen-bond acceptors (Lipinski definition) is 4. The smallest absolute Gasteiger partial charge is 0.137 e. The maximum absolute atomic E-state index is 4.68. The maximum Gasteiger partial charge on any atom is 0.137 e. The van der Waals surface area contributed by atoms with Crippen LogP contribution in [0.15, 0.2) is 23.7 Å². The van der Waals surface area contributed by atoms with E-state index in [1.54, 1.807) is 11.3 Å². The van der Waals surface area contributed by atoms with Crippen LogP contribution in [0.4, 0.5) is 5.82 Å². The lowest BCUT2D eigenvalue weighted by molar-refractivity contribution is 0.570. The second-order valence-electron chi connectivity index (χ2n) is 5.56. The van der Waals surface area contributed by atoms with Gasteiger partial charge in [0.25, 0.3) is 0 Å². The van der Waals surface area contributed by atoms with Crippen LogP contribution in [-0.2, 0) is 0 Å². The quantitative estimate of drug-likeness (QED) is 0.879. The van der Waals surface area contributed by atoms with E-state index in [1.165, 1.54) is 48.1 Å². The van der Waals surface area contributed by atoms with Crippen molar-refractivity contribution in [3.63, 3.8) is 0 Å². The molecule has 1 aliphatic heterocycles. The highest BCUT2D eigenvalue weighted by atomic mass is 32.1. The van der Waals surface area contributed by atoms with E-state index in [1.807, 2.05) is 6.20 Å². The Kier molecular flexibility index (Phi) is 4.53. The van der Waals surface area contributed by atoms with Crippen LogP contribution < -0.4 is 10.2 Å². The van der Waals surface area contributed by atoms with Crippen LogP contribution in [-0.4, -0.2) is 30.7 Å². The van der Waals surface area contributed by atoms with Gasteiger partial charge in [-0.25, -0.2) is 4.98 Å². The summed E-state index contributed by atoms with van der Waals surface area (Å²) in [5.41, 5.74) is 0. The largest absolute Gasteiger partial charge is 0.355 e. The molecule has 1 fully saturated rings. The molecule has 0 amide bonds. The summed E-state index contributed by atoms with van der Waals surface area (Å²) < 4.78 is 1.34. The van der Waals surface area contributed by atoms with E-state index in [0.29, 0.717) is 6.04 Å². The summed E-state index contributed by atoms with van der Waals surface area (Å²) in [7, 11) is 0. The van der Waals surface area contributed by atoms with Gasteiger partial charge in [-0.15, -0.1) is 11.3 Å². The number of fused-ring (bicyclic) bond motifs is 1. The molecule has 0 aliphatic carbocycles. The number of pyridine rings is 1. The Morgan fingerprint density at radius 1 is 1.45 bits per heavy atom. The molecular formula is C16H23N3S. The molecule has 2 aromatic rings. The minimum Gasteiger partial charge on any atom is -0.355 e. The molecule has 1 saturated heterocycles. The summed E-state index contributed by atoms with van der Waals surface area (Å²) in [6.45, 7) is 5.62. The van der Waals surface area contributed by atoms with Crippen LogP contribution in [0.1, 0.15) is 32.6 Å². The van der Waals surface area contributed by atoms with E-state index in [4.69, 9.17) is 0 Å². The Bertz CT molecular complexity index is 545. The zero-order chi connectivity index (χ0) is 13.8. The summed E-state index contributed by atoms with van der Waals surface area (Å²) in [6, 6.07) is 4.96. The highest BCUT2D eigenvalue weighted by Gasteiger charge is 2.20. The highest BCUT2D eigenvalue weighted by molar-refractivity contribution is 7.17. The van der Waals surface area contributed by atoms with E-state index in [2.05, 4.69) is 39.6 Å². The summed E-state index contributed by atoms with van der Waals surface area (Å²) in [4.78, 5) is 7.17. The van der Waals surface area contributed by atoms with Crippen molar-refractivity contribution in [2.75, 3.05) is 24.5 Å². The second kappa shape index (κ2) is 6.55. The van der Waals surface area contributed by atoms with E-state index in [9.17, 15) is 0 Å². The van der Waals surface area contributed by atoms with Gasteiger partial charge in [0.05, 0.1) is 0 Å². The number of anilines is 1. The Balaban J connectivity index is 1.84. The molecule has 4 heteroatoms. The van der Waals surface area contributed by atoms with E-state index < -0.39 is 0 Å². The average molecular weight is 289 g/mol. The lowest BCUT2D eigenvalue weighted by Crippen LogP contribution is -2.38. The molecule has 1 aliphatic rings. The SMILES string of the molecule is CCCCN(CC1CCCN1)c1nccc2sccc12. The predicted octanol–water partition coefficient (Wildman–Crippen LogP) is 3.65. The molecule has 2 aromatic heterocycles. The summed E-state index contributed by atoms with van der Waals surface area (Å²) in [6.07, 6.45) is 7.02. The first-order valence-corrected chi connectivity index (χ1v) is 8.57. The number of hydrogen-bond donors (Lipinski definition) is 1. The Morgan fingerprint density at radius 3 is 3.20 bits per heavy atom. The van der Waals surface area contributed by atoms with Gasteiger partial charge < -0.3 is 10.2 Å². The number of nitrogens with zero attached hydrogens (tertiary/aromatic N) is 2. The number of thiophene rings is 1. The molecule has 1 unspecified atom stereocenters. The molecule has 0 aromatic carbocycles. The summed E-state index contributed by atoms with van der Waals surface area (Å²) in [5, 5.41) is 7.09. The molecule has 20 heavy (non-hydrogen) atoms. The molecule has 1 N–H and O–H groups in total.